The van der Waals surface area contributed by atoms with Crippen LogP contribution in [-0.2, 0) is 22.6 Å². The normalized spacial score (nSPS) is 11.5. The number of nitrogens with zero attached hydrogens (tertiary/aromatic N) is 1. The van der Waals surface area contributed by atoms with Crippen molar-refractivity contribution in [1.29, 1.82) is 0 Å². The van der Waals surface area contributed by atoms with Crippen molar-refractivity contribution in [2.75, 3.05) is 19.4 Å². The molecule has 0 aromatic heterocycles. The highest BCUT2D eigenvalue weighted by molar-refractivity contribution is 7.99. The average molecular weight is 491 g/mol. The van der Waals surface area contributed by atoms with Crippen LogP contribution in [0.1, 0.15) is 30.9 Å². The molecule has 6 heteroatoms. The Morgan fingerprint density at radius 2 is 1.63 bits per heavy atom. The average Bonchev–Trinajstić information content (AvgIpc) is 2.90. The first kappa shape index (κ1) is 26.4. The highest BCUT2D eigenvalue weighted by atomic mass is 32.2. The molecule has 184 valence electrons. The quantitative estimate of drug-likeness (QED) is 0.329. The van der Waals surface area contributed by atoms with Crippen LogP contribution >= 0.6 is 11.8 Å². The molecule has 3 aromatic carbocycles. The predicted molar refractivity (Wildman–Crippen MR) is 143 cm³/mol. The highest BCUT2D eigenvalue weighted by Crippen LogP contribution is 2.22. The van der Waals surface area contributed by atoms with E-state index in [9.17, 15) is 9.59 Å². The number of ether oxygens (including phenoxy) is 1. The van der Waals surface area contributed by atoms with E-state index in [0.29, 0.717) is 31.7 Å². The van der Waals surface area contributed by atoms with E-state index in [-0.39, 0.29) is 11.8 Å². The van der Waals surface area contributed by atoms with Gasteiger partial charge in [0.05, 0.1) is 7.11 Å². The van der Waals surface area contributed by atoms with E-state index in [1.807, 2.05) is 91.9 Å². The first-order chi connectivity index (χ1) is 17.1. The molecule has 1 unspecified atom stereocenters. The minimum Gasteiger partial charge on any atom is -0.497 e. The molecule has 0 aliphatic rings. The van der Waals surface area contributed by atoms with Gasteiger partial charge in [0.2, 0.25) is 11.8 Å². The fourth-order valence-electron chi connectivity index (χ4n) is 3.80. The van der Waals surface area contributed by atoms with Crippen LogP contribution in [-0.4, -0.2) is 42.2 Å². The largest absolute Gasteiger partial charge is 0.497 e. The summed E-state index contributed by atoms with van der Waals surface area (Å²) in [5.74, 6) is 1.21. The molecular weight excluding hydrogens is 456 g/mol. The molecule has 3 rings (SSSR count). The minimum atomic E-state index is -0.607. The van der Waals surface area contributed by atoms with Gasteiger partial charge in [-0.15, -0.1) is 11.8 Å². The van der Waals surface area contributed by atoms with Gasteiger partial charge in [0, 0.05) is 36.6 Å². The van der Waals surface area contributed by atoms with Crippen molar-refractivity contribution in [2.45, 2.75) is 43.7 Å². The predicted octanol–water partition coefficient (Wildman–Crippen LogP) is 5.34. The molecule has 0 radical (unpaired) electrons. The van der Waals surface area contributed by atoms with Crippen LogP contribution in [0.2, 0.25) is 0 Å². The Kier molecular flexibility index (Phi) is 10.7. The zero-order chi connectivity index (χ0) is 24.9. The zero-order valence-electron chi connectivity index (χ0n) is 20.5. The van der Waals surface area contributed by atoms with Gasteiger partial charge < -0.3 is 15.0 Å². The molecule has 0 aliphatic heterocycles. The van der Waals surface area contributed by atoms with E-state index >= 15 is 0 Å². The summed E-state index contributed by atoms with van der Waals surface area (Å²) in [7, 11) is 1.62. The summed E-state index contributed by atoms with van der Waals surface area (Å²) < 4.78 is 5.38. The second kappa shape index (κ2) is 14.2. The van der Waals surface area contributed by atoms with Crippen LogP contribution in [0.3, 0.4) is 0 Å². The van der Waals surface area contributed by atoms with Crippen LogP contribution in [0.5, 0.6) is 5.75 Å². The molecule has 35 heavy (non-hydrogen) atoms. The number of hydrogen-bond donors (Lipinski definition) is 1. The summed E-state index contributed by atoms with van der Waals surface area (Å²) in [5, 5.41) is 3.02. The Morgan fingerprint density at radius 3 is 2.31 bits per heavy atom. The highest BCUT2D eigenvalue weighted by Gasteiger charge is 2.30. The van der Waals surface area contributed by atoms with Gasteiger partial charge in [-0.05, 0) is 41.8 Å². The molecule has 0 fully saturated rings. The lowest BCUT2D eigenvalue weighted by Gasteiger charge is -2.31. The second-order valence-corrected chi connectivity index (χ2v) is 9.45. The summed E-state index contributed by atoms with van der Waals surface area (Å²) >= 11 is 1.65. The van der Waals surface area contributed by atoms with E-state index in [1.165, 1.54) is 0 Å². The Hall–Kier alpha value is -3.25. The summed E-state index contributed by atoms with van der Waals surface area (Å²) in [5.41, 5.74) is 1.95. The first-order valence-electron chi connectivity index (χ1n) is 12.0. The molecule has 0 bridgehead atoms. The summed E-state index contributed by atoms with van der Waals surface area (Å²) in [6.07, 6.45) is 1.63. The number of carbonyl (C=O) groups is 2. The van der Waals surface area contributed by atoms with Gasteiger partial charge in [-0.25, -0.2) is 0 Å². The maximum atomic E-state index is 13.6. The molecule has 1 N–H and O–H groups in total. The molecular formula is C29H34N2O3S. The molecule has 0 spiro atoms. The Bertz CT molecular complexity index is 1060. The van der Waals surface area contributed by atoms with Gasteiger partial charge in [-0.2, -0.15) is 0 Å². The summed E-state index contributed by atoms with van der Waals surface area (Å²) in [6.45, 7) is 2.94. The Balaban J connectivity index is 1.85. The molecule has 3 aromatic rings. The molecule has 0 saturated heterocycles. The van der Waals surface area contributed by atoms with Crippen LogP contribution in [0.4, 0.5) is 0 Å². The topological polar surface area (TPSA) is 58.6 Å². The molecule has 1 atom stereocenters. The number of nitrogens with one attached hydrogen (secondary N) is 1. The smallest absolute Gasteiger partial charge is 0.243 e. The van der Waals surface area contributed by atoms with Gasteiger partial charge in [-0.1, -0.05) is 67.6 Å². The van der Waals surface area contributed by atoms with E-state index in [1.54, 1.807) is 23.8 Å². The summed E-state index contributed by atoms with van der Waals surface area (Å²) in [4.78, 5) is 29.8. The number of hydrogen-bond acceptors (Lipinski definition) is 4. The Labute approximate surface area is 212 Å². The van der Waals surface area contributed by atoms with Crippen molar-refractivity contribution in [2.24, 2.45) is 0 Å². The van der Waals surface area contributed by atoms with Crippen LogP contribution in [0.25, 0.3) is 0 Å². The van der Waals surface area contributed by atoms with Gasteiger partial charge in [0.1, 0.15) is 11.8 Å². The first-order valence-corrected chi connectivity index (χ1v) is 13.0. The van der Waals surface area contributed by atoms with Crippen molar-refractivity contribution < 1.29 is 14.3 Å². The van der Waals surface area contributed by atoms with Crippen LogP contribution in [0, 0.1) is 0 Å². The van der Waals surface area contributed by atoms with Crippen molar-refractivity contribution in [3.05, 3.63) is 96.1 Å². The third kappa shape index (κ3) is 8.48. The van der Waals surface area contributed by atoms with Gasteiger partial charge in [0.15, 0.2) is 0 Å². The fraction of sp³-hybridized carbons (Fsp3) is 0.310. The van der Waals surface area contributed by atoms with Crippen molar-refractivity contribution in [3.8, 4) is 5.75 Å². The molecule has 0 heterocycles. The number of benzene rings is 3. The zero-order valence-corrected chi connectivity index (χ0v) is 21.3. The van der Waals surface area contributed by atoms with E-state index in [4.69, 9.17) is 4.74 Å². The number of amides is 2. The molecule has 0 saturated carbocycles. The molecule has 5 nitrogen and oxygen atoms in total. The number of methoxy groups -OCH3 is 1. The third-order valence-corrected chi connectivity index (χ3v) is 6.65. The van der Waals surface area contributed by atoms with Crippen molar-refractivity contribution >= 4 is 23.6 Å². The number of rotatable bonds is 13. The molecule has 2 amide bonds. The van der Waals surface area contributed by atoms with E-state index < -0.39 is 6.04 Å². The van der Waals surface area contributed by atoms with Crippen LogP contribution in [0.15, 0.2) is 89.8 Å². The summed E-state index contributed by atoms with van der Waals surface area (Å²) in [6, 6.07) is 27.0. The van der Waals surface area contributed by atoms with Crippen molar-refractivity contribution in [3.63, 3.8) is 0 Å². The maximum absolute atomic E-state index is 13.6. The minimum absolute atomic E-state index is 0.0381. The standard InChI is InChI=1S/C29H34N2O3S/c1-3-18-30-29(33)27(21-23-11-6-4-7-12-23)31(22-24-13-10-14-25(20-24)34-2)28(32)17-19-35-26-15-8-5-9-16-26/h4-16,20,27H,3,17-19,21-22H2,1-2H3,(H,30,33). The Morgan fingerprint density at radius 1 is 0.943 bits per heavy atom. The maximum Gasteiger partial charge on any atom is 0.243 e. The number of carbonyl (C=O) groups excluding carboxylic acids is 2. The monoisotopic (exact) mass is 490 g/mol. The SMILES string of the molecule is CCCNC(=O)C(Cc1ccccc1)N(Cc1cccc(OC)c1)C(=O)CCSc1ccccc1. The van der Waals surface area contributed by atoms with E-state index in [2.05, 4.69) is 5.32 Å². The second-order valence-electron chi connectivity index (χ2n) is 8.28. The molecule has 0 aliphatic carbocycles. The van der Waals surface area contributed by atoms with Gasteiger partial charge in [0.25, 0.3) is 0 Å². The van der Waals surface area contributed by atoms with E-state index in [0.717, 1.165) is 28.2 Å². The lowest BCUT2D eigenvalue weighted by atomic mass is 10.0. The lowest BCUT2D eigenvalue weighted by Crippen LogP contribution is -2.50. The van der Waals surface area contributed by atoms with Gasteiger partial charge >= 0.3 is 0 Å². The third-order valence-electron chi connectivity index (χ3n) is 5.64. The lowest BCUT2D eigenvalue weighted by molar-refractivity contribution is -0.141. The van der Waals surface area contributed by atoms with Gasteiger partial charge in [-0.3, -0.25) is 9.59 Å². The number of thioether (sulfide) groups is 1. The van der Waals surface area contributed by atoms with Crippen LogP contribution < -0.4 is 10.1 Å². The fourth-order valence-corrected chi connectivity index (χ4v) is 4.67. The van der Waals surface area contributed by atoms with Crippen molar-refractivity contribution in [1.82, 2.24) is 10.2 Å².